The largest absolute Gasteiger partial charge is 0.462 e. The fourth-order valence-corrected chi connectivity index (χ4v) is 2.04. The molecule has 0 aliphatic heterocycles. The van der Waals surface area contributed by atoms with Gasteiger partial charge in [0.1, 0.15) is 24.1 Å². The van der Waals surface area contributed by atoms with E-state index in [-0.39, 0.29) is 25.5 Å². The van der Waals surface area contributed by atoms with Crippen molar-refractivity contribution in [1.29, 1.82) is 0 Å². The van der Waals surface area contributed by atoms with Gasteiger partial charge in [-0.25, -0.2) is 9.18 Å². The molecule has 0 aromatic heterocycles. The SMILES string of the molecule is CC(C)(C)OC(=O)N(Cc1ccc(F)cc1)CC(O)COC(=O)C(C)(C)C. The van der Waals surface area contributed by atoms with Crippen LogP contribution in [0.15, 0.2) is 24.3 Å². The minimum Gasteiger partial charge on any atom is -0.462 e. The highest BCUT2D eigenvalue weighted by atomic mass is 19.1. The molecule has 1 aromatic rings. The molecule has 1 N–H and O–H groups in total. The summed E-state index contributed by atoms with van der Waals surface area (Å²) in [5.41, 5.74) is -0.707. The molecule has 0 bridgehead atoms. The fraction of sp³-hybridized carbons (Fsp3) is 0.600. The Hall–Kier alpha value is -2.15. The van der Waals surface area contributed by atoms with E-state index in [1.165, 1.54) is 17.0 Å². The quantitative estimate of drug-likeness (QED) is 0.761. The predicted octanol–water partition coefficient (Wildman–Crippen LogP) is 3.51. The molecule has 1 aromatic carbocycles. The van der Waals surface area contributed by atoms with E-state index >= 15 is 0 Å². The average molecular weight is 383 g/mol. The Morgan fingerprint density at radius 2 is 1.67 bits per heavy atom. The van der Waals surface area contributed by atoms with Gasteiger partial charge in [0.05, 0.1) is 12.0 Å². The molecule has 1 atom stereocenters. The molecule has 152 valence electrons. The fourth-order valence-electron chi connectivity index (χ4n) is 2.04. The molecule has 0 radical (unpaired) electrons. The maximum Gasteiger partial charge on any atom is 0.410 e. The summed E-state index contributed by atoms with van der Waals surface area (Å²) in [6, 6.07) is 5.70. The van der Waals surface area contributed by atoms with Crippen molar-refractivity contribution in [1.82, 2.24) is 4.90 Å². The van der Waals surface area contributed by atoms with Crippen molar-refractivity contribution in [2.24, 2.45) is 5.41 Å². The lowest BCUT2D eigenvalue weighted by molar-refractivity contribution is -0.156. The monoisotopic (exact) mass is 383 g/mol. The minimum absolute atomic E-state index is 0.0935. The number of halogens is 1. The number of aliphatic hydroxyl groups excluding tert-OH is 1. The van der Waals surface area contributed by atoms with Crippen LogP contribution in [0.4, 0.5) is 9.18 Å². The number of benzene rings is 1. The first-order valence-electron chi connectivity index (χ1n) is 8.85. The van der Waals surface area contributed by atoms with E-state index in [0.29, 0.717) is 5.56 Å². The lowest BCUT2D eigenvalue weighted by Gasteiger charge is -2.29. The second-order valence-electron chi connectivity index (χ2n) is 8.49. The van der Waals surface area contributed by atoms with E-state index in [1.54, 1.807) is 53.7 Å². The van der Waals surface area contributed by atoms with Crippen molar-refractivity contribution in [2.75, 3.05) is 13.2 Å². The van der Waals surface area contributed by atoms with Gasteiger partial charge in [-0.1, -0.05) is 12.1 Å². The van der Waals surface area contributed by atoms with Gasteiger partial charge < -0.3 is 19.5 Å². The molecule has 1 unspecified atom stereocenters. The van der Waals surface area contributed by atoms with E-state index in [4.69, 9.17) is 9.47 Å². The Morgan fingerprint density at radius 3 is 2.15 bits per heavy atom. The molecular formula is C20H30FNO5. The van der Waals surface area contributed by atoms with E-state index in [2.05, 4.69) is 0 Å². The molecule has 6 nitrogen and oxygen atoms in total. The maximum atomic E-state index is 13.1. The Balaban J connectivity index is 2.79. The predicted molar refractivity (Wildman–Crippen MR) is 99.5 cm³/mol. The molecule has 0 aliphatic rings. The van der Waals surface area contributed by atoms with Gasteiger partial charge in [0.15, 0.2) is 0 Å². The molecule has 0 heterocycles. The summed E-state index contributed by atoms with van der Waals surface area (Å²) in [5.74, 6) is -0.819. The van der Waals surface area contributed by atoms with Crippen molar-refractivity contribution in [2.45, 2.75) is 59.8 Å². The van der Waals surface area contributed by atoms with Gasteiger partial charge >= 0.3 is 12.1 Å². The number of hydrogen-bond donors (Lipinski definition) is 1. The van der Waals surface area contributed by atoms with Crippen LogP contribution in [-0.2, 0) is 20.8 Å². The van der Waals surface area contributed by atoms with E-state index in [9.17, 15) is 19.1 Å². The third kappa shape index (κ3) is 8.86. The topological polar surface area (TPSA) is 76.1 Å². The molecule has 0 saturated heterocycles. The van der Waals surface area contributed by atoms with Gasteiger partial charge in [-0.3, -0.25) is 4.79 Å². The van der Waals surface area contributed by atoms with Crippen molar-refractivity contribution in [3.63, 3.8) is 0 Å². The highest BCUT2D eigenvalue weighted by Gasteiger charge is 2.27. The van der Waals surface area contributed by atoms with Crippen molar-refractivity contribution < 1.29 is 28.6 Å². The summed E-state index contributed by atoms with van der Waals surface area (Å²) < 4.78 is 23.6. The first-order chi connectivity index (χ1) is 12.3. The standard InChI is InChI=1S/C20H30FNO5/c1-19(2,3)17(24)26-13-16(23)12-22(18(25)27-20(4,5)6)11-14-7-9-15(21)10-8-14/h7-10,16,23H,11-13H2,1-6H3. The molecule has 1 amide bonds. The molecular weight excluding hydrogens is 353 g/mol. The summed E-state index contributed by atoms with van der Waals surface area (Å²) in [6.45, 7) is 10.1. The molecule has 0 saturated carbocycles. The summed E-state index contributed by atoms with van der Waals surface area (Å²) in [7, 11) is 0. The molecule has 27 heavy (non-hydrogen) atoms. The van der Waals surface area contributed by atoms with Crippen LogP contribution in [0.25, 0.3) is 0 Å². The summed E-state index contributed by atoms with van der Waals surface area (Å²) in [5, 5.41) is 10.2. The first kappa shape index (κ1) is 22.9. The number of carbonyl (C=O) groups is 2. The smallest absolute Gasteiger partial charge is 0.410 e. The van der Waals surface area contributed by atoms with Crippen LogP contribution >= 0.6 is 0 Å². The summed E-state index contributed by atoms with van der Waals surface area (Å²) in [6.07, 6.45) is -1.70. The van der Waals surface area contributed by atoms with Gasteiger partial charge in [-0.2, -0.15) is 0 Å². The Labute approximate surface area is 160 Å². The molecule has 0 aliphatic carbocycles. The van der Waals surface area contributed by atoms with Crippen LogP contribution < -0.4 is 0 Å². The molecule has 0 fully saturated rings. The Morgan fingerprint density at radius 1 is 1.11 bits per heavy atom. The number of nitrogens with zero attached hydrogens (tertiary/aromatic N) is 1. The van der Waals surface area contributed by atoms with Crippen LogP contribution in [0.2, 0.25) is 0 Å². The number of hydrogen-bond acceptors (Lipinski definition) is 5. The van der Waals surface area contributed by atoms with Gasteiger partial charge in [-0.05, 0) is 59.2 Å². The van der Waals surface area contributed by atoms with Crippen LogP contribution in [0.5, 0.6) is 0 Å². The average Bonchev–Trinajstić information content (AvgIpc) is 2.51. The number of aliphatic hydroxyl groups is 1. The minimum atomic E-state index is -1.08. The number of amides is 1. The highest BCUT2D eigenvalue weighted by molar-refractivity contribution is 5.75. The van der Waals surface area contributed by atoms with Crippen LogP contribution in [0.1, 0.15) is 47.1 Å². The first-order valence-corrected chi connectivity index (χ1v) is 8.85. The second kappa shape index (κ2) is 9.17. The molecule has 1 rings (SSSR count). The number of esters is 1. The van der Waals surface area contributed by atoms with Crippen molar-refractivity contribution in [3.05, 3.63) is 35.6 Å². The molecule has 0 spiro atoms. The maximum absolute atomic E-state index is 13.1. The number of rotatable bonds is 6. The highest BCUT2D eigenvalue weighted by Crippen LogP contribution is 2.16. The summed E-state index contributed by atoms with van der Waals surface area (Å²) >= 11 is 0. The van der Waals surface area contributed by atoms with Crippen LogP contribution in [0.3, 0.4) is 0 Å². The third-order valence-electron chi connectivity index (χ3n) is 3.39. The third-order valence-corrected chi connectivity index (χ3v) is 3.39. The summed E-state index contributed by atoms with van der Waals surface area (Å²) in [4.78, 5) is 25.6. The van der Waals surface area contributed by atoms with E-state index in [0.717, 1.165) is 0 Å². The Kier molecular flexibility index (Phi) is 7.77. The van der Waals surface area contributed by atoms with Crippen molar-refractivity contribution in [3.8, 4) is 0 Å². The van der Waals surface area contributed by atoms with E-state index < -0.39 is 29.2 Å². The van der Waals surface area contributed by atoms with Gasteiger partial charge in [0, 0.05) is 6.54 Å². The Bertz CT molecular complexity index is 631. The van der Waals surface area contributed by atoms with Gasteiger partial charge in [0.25, 0.3) is 0 Å². The van der Waals surface area contributed by atoms with Crippen molar-refractivity contribution >= 4 is 12.1 Å². The second-order valence-corrected chi connectivity index (χ2v) is 8.49. The normalized spacial score (nSPS) is 13.0. The molecule has 7 heteroatoms. The van der Waals surface area contributed by atoms with Crippen LogP contribution in [-0.4, -0.2) is 46.9 Å². The zero-order chi connectivity index (χ0) is 20.8. The lowest BCUT2D eigenvalue weighted by Crippen LogP contribution is -2.42. The zero-order valence-corrected chi connectivity index (χ0v) is 16.9. The number of carbonyl (C=O) groups excluding carboxylic acids is 2. The van der Waals surface area contributed by atoms with Crippen LogP contribution in [0, 0.1) is 11.2 Å². The van der Waals surface area contributed by atoms with E-state index in [1.807, 2.05) is 0 Å². The van der Waals surface area contributed by atoms with Gasteiger partial charge in [0.2, 0.25) is 0 Å². The number of ether oxygens (including phenoxy) is 2. The lowest BCUT2D eigenvalue weighted by atomic mass is 9.97. The van der Waals surface area contributed by atoms with Gasteiger partial charge in [-0.15, -0.1) is 0 Å². The zero-order valence-electron chi connectivity index (χ0n) is 16.9.